The minimum Gasteiger partial charge on any atom is -0.387 e. The Morgan fingerprint density at radius 1 is 1.20 bits per heavy atom. The molecule has 0 fully saturated rings. The van der Waals surface area contributed by atoms with Gasteiger partial charge in [0.2, 0.25) is 5.78 Å². The van der Waals surface area contributed by atoms with Crippen molar-refractivity contribution in [2.45, 2.75) is 12.5 Å². The van der Waals surface area contributed by atoms with Crippen molar-refractivity contribution in [3.05, 3.63) is 60.3 Å². The van der Waals surface area contributed by atoms with Crippen LogP contribution in [0.15, 0.2) is 59.9 Å². The van der Waals surface area contributed by atoms with Crippen LogP contribution in [-0.4, -0.2) is 22.4 Å². The molecule has 7 nitrogen and oxygen atoms in total. The largest absolute Gasteiger partial charge is 0.387 e. The third-order valence-corrected chi connectivity index (χ3v) is 3.69. The van der Waals surface area contributed by atoms with Crippen LogP contribution in [0.1, 0.15) is 18.1 Å². The van der Waals surface area contributed by atoms with Crippen LogP contribution in [0.2, 0.25) is 0 Å². The van der Waals surface area contributed by atoms with Crippen LogP contribution in [0.5, 0.6) is 0 Å². The van der Waals surface area contributed by atoms with Crippen molar-refractivity contribution in [2.24, 2.45) is 11.1 Å². The van der Waals surface area contributed by atoms with Gasteiger partial charge in [0, 0.05) is 12.6 Å². The van der Waals surface area contributed by atoms with Crippen molar-refractivity contribution in [1.29, 1.82) is 5.26 Å². The van der Waals surface area contributed by atoms with Gasteiger partial charge in [-0.05, 0) is 17.7 Å². The van der Waals surface area contributed by atoms with E-state index < -0.39 is 23.7 Å². The van der Waals surface area contributed by atoms with E-state index in [4.69, 9.17) is 4.84 Å². The highest BCUT2D eigenvalue weighted by Gasteiger charge is 2.35. The zero-order chi connectivity index (χ0) is 17.6. The summed E-state index contributed by atoms with van der Waals surface area (Å²) >= 11 is 0. The van der Waals surface area contributed by atoms with Gasteiger partial charge in [-0.3, -0.25) is 9.59 Å². The Bertz CT molecular complexity index is 844. The number of carbonyl (C=O) groups excluding carboxylic acids is 2. The molecule has 1 aliphatic heterocycles. The molecule has 0 spiro atoms. The minimum atomic E-state index is -1.50. The number of nitriles is 1. The van der Waals surface area contributed by atoms with Crippen molar-refractivity contribution >= 4 is 23.2 Å². The average molecular weight is 334 g/mol. The number of aromatic nitrogens is 1. The van der Waals surface area contributed by atoms with E-state index in [1.807, 2.05) is 30.3 Å². The number of oxime groups is 1. The maximum absolute atomic E-state index is 12.5. The van der Waals surface area contributed by atoms with Crippen molar-refractivity contribution in [3.8, 4) is 6.07 Å². The topological polar surface area (TPSA) is 104 Å². The molecule has 0 saturated heterocycles. The van der Waals surface area contributed by atoms with Gasteiger partial charge >= 0.3 is 0 Å². The van der Waals surface area contributed by atoms with Crippen molar-refractivity contribution in [3.63, 3.8) is 0 Å². The molecule has 0 saturated carbocycles. The molecule has 0 bridgehead atoms. The van der Waals surface area contributed by atoms with E-state index in [0.717, 1.165) is 5.56 Å². The first-order valence-electron chi connectivity index (χ1n) is 7.62. The minimum absolute atomic E-state index is 0.0802. The van der Waals surface area contributed by atoms with Crippen LogP contribution in [0, 0.1) is 17.2 Å². The summed E-state index contributed by atoms with van der Waals surface area (Å²) < 4.78 is 0. The second-order valence-electron chi connectivity index (χ2n) is 5.38. The number of hydrogen-bond donors (Lipinski definition) is 1. The highest BCUT2D eigenvalue weighted by atomic mass is 16.6. The van der Waals surface area contributed by atoms with Crippen molar-refractivity contribution in [2.75, 3.05) is 5.32 Å². The summed E-state index contributed by atoms with van der Waals surface area (Å²) in [6.07, 6.45) is 1.33. The number of rotatable bonds is 5. The number of Topliss-reactive ketones (excluding diaryl/α,β-unsaturated/α-hetero) is 1. The van der Waals surface area contributed by atoms with Crippen LogP contribution < -0.4 is 5.32 Å². The van der Waals surface area contributed by atoms with Gasteiger partial charge in [0.15, 0.2) is 12.0 Å². The third kappa shape index (κ3) is 3.70. The molecular formula is C18H14N4O3. The van der Waals surface area contributed by atoms with Crippen LogP contribution in [-0.2, 0) is 14.4 Å². The maximum atomic E-state index is 12.5. The Balaban J connectivity index is 1.67. The normalized spacial score (nSPS) is 16.9. The zero-order valence-corrected chi connectivity index (χ0v) is 13.1. The molecule has 0 aliphatic carbocycles. The highest BCUT2D eigenvalue weighted by molar-refractivity contribution is 6.45. The first-order valence-corrected chi connectivity index (χ1v) is 7.62. The predicted octanol–water partition coefficient (Wildman–Crippen LogP) is 2.25. The average Bonchev–Trinajstić information content (AvgIpc) is 3.14. The van der Waals surface area contributed by atoms with E-state index in [-0.39, 0.29) is 18.0 Å². The first kappa shape index (κ1) is 16.3. The van der Waals surface area contributed by atoms with E-state index in [0.29, 0.717) is 0 Å². The van der Waals surface area contributed by atoms with Gasteiger partial charge < -0.3 is 10.2 Å². The number of benzene rings is 1. The number of nitrogens with one attached hydrogen (secondary N) is 1. The molecule has 0 unspecified atom stereocenters. The Morgan fingerprint density at radius 3 is 2.64 bits per heavy atom. The Kier molecular flexibility index (Phi) is 4.81. The van der Waals surface area contributed by atoms with Crippen LogP contribution in [0.25, 0.3) is 0 Å². The molecule has 124 valence electrons. The lowest BCUT2D eigenvalue weighted by molar-refractivity contribution is -0.125. The number of amides is 1. The predicted molar refractivity (Wildman–Crippen MR) is 89.3 cm³/mol. The fourth-order valence-corrected chi connectivity index (χ4v) is 2.41. The summed E-state index contributed by atoms with van der Waals surface area (Å²) in [6.45, 7) is 0. The number of hydrogen-bond acceptors (Lipinski definition) is 6. The van der Waals surface area contributed by atoms with Crippen molar-refractivity contribution in [1.82, 2.24) is 4.98 Å². The highest BCUT2D eigenvalue weighted by Crippen LogP contribution is 2.28. The fraction of sp³-hybridized carbons (Fsp3) is 0.167. The molecule has 1 aliphatic rings. The molecule has 25 heavy (non-hydrogen) atoms. The molecule has 7 heteroatoms. The Labute approximate surface area is 143 Å². The summed E-state index contributed by atoms with van der Waals surface area (Å²) in [5.74, 6) is -2.63. The monoisotopic (exact) mass is 334 g/mol. The van der Waals surface area contributed by atoms with Crippen LogP contribution in [0.3, 0.4) is 0 Å². The number of carbonyl (C=O) groups is 2. The molecule has 2 aromatic rings. The van der Waals surface area contributed by atoms with Gasteiger partial charge in [-0.1, -0.05) is 41.6 Å². The number of nitrogens with zero attached hydrogens (tertiary/aromatic N) is 3. The van der Waals surface area contributed by atoms with Gasteiger partial charge in [0.05, 0.1) is 6.07 Å². The lowest BCUT2D eigenvalue weighted by atomic mass is 9.96. The Morgan fingerprint density at radius 2 is 1.96 bits per heavy atom. The molecule has 1 aromatic carbocycles. The summed E-state index contributed by atoms with van der Waals surface area (Å²) in [5, 5.41) is 15.5. The van der Waals surface area contributed by atoms with E-state index in [2.05, 4.69) is 15.5 Å². The van der Waals surface area contributed by atoms with Gasteiger partial charge in [-0.2, -0.15) is 5.26 Å². The smallest absolute Gasteiger partial charge is 0.250 e. The maximum Gasteiger partial charge on any atom is 0.250 e. The molecule has 0 radical (unpaired) electrons. The third-order valence-electron chi connectivity index (χ3n) is 3.69. The quantitative estimate of drug-likeness (QED) is 0.844. The second kappa shape index (κ2) is 7.36. The first-order chi connectivity index (χ1) is 12.2. The van der Waals surface area contributed by atoms with E-state index in [9.17, 15) is 14.9 Å². The SMILES string of the molecule is N#C[C@@H](C(=O)Nc1ccccn1)C(=O)C1=NO[C@H](c2ccccc2)C1. The lowest BCUT2D eigenvalue weighted by Gasteiger charge is -2.09. The number of anilines is 1. The molecule has 2 atom stereocenters. The molecule has 2 heterocycles. The summed E-state index contributed by atoms with van der Waals surface area (Å²) in [4.78, 5) is 33.9. The fourth-order valence-electron chi connectivity index (χ4n) is 2.41. The van der Waals surface area contributed by atoms with Gasteiger partial charge in [0.25, 0.3) is 5.91 Å². The number of pyridine rings is 1. The van der Waals surface area contributed by atoms with Crippen molar-refractivity contribution < 1.29 is 14.4 Å². The van der Waals surface area contributed by atoms with E-state index in [1.165, 1.54) is 6.20 Å². The molecule has 3 rings (SSSR count). The molecule has 1 aromatic heterocycles. The van der Waals surface area contributed by atoms with E-state index in [1.54, 1.807) is 24.3 Å². The Hall–Kier alpha value is -3.53. The van der Waals surface area contributed by atoms with Gasteiger partial charge in [-0.25, -0.2) is 4.98 Å². The number of ketones is 1. The summed E-state index contributed by atoms with van der Waals surface area (Å²) in [6, 6.07) is 16.0. The molecule has 1 N–H and O–H groups in total. The van der Waals surface area contributed by atoms with Crippen LogP contribution >= 0.6 is 0 Å². The molecular weight excluding hydrogens is 320 g/mol. The zero-order valence-electron chi connectivity index (χ0n) is 13.1. The summed E-state index contributed by atoms with van der Waals surface area (Å²) in [5.41, 5.74) is 0.956. The summed E-state index contributed by atoms with van der Waals surface area (Å²) in [7, 11) is 0. The van der Waals surface area contributed by atoms with Crippen LogP contribution in [0.4, 0.5) is 5.82 Å². The van der Waals surface area contributed by atoms with Gasteiger partial charge in [-0.15, -0.1) is 0 Å². The van der Waals surface area contributed by atoms with E-state index >= 15 is 0 Å². The lowest BCUT2D eigenvalue weighted by Crippen LogP contribution is -2.33. The standard InChI is InChI=1S/C18H14N4O3/c19-11-13(18(24)21-16-8-4-5-9-20-16)17(23)14-10-15(25-22-14)12-6-2-1-3-7-12/h1-9,13,15H,10H2,(H,20,21,24)/t13-,15+/m1/s1. The molecule has 1 amide bonds. The second-order valence-corrected chi connectivity index (χ2v) is 5.38. The van der Waals surface area contributed by atoms with Gasteiger partial charge in [0.1, 0.15) is 11.5 Å².